The van der Waals surface area contributed by atoms with Gasteiger partial charge < -0.3 is 64.6 Å². The van der Waals surface area contributed by atoms with E-state index in [1.165, 1.54) is 0 Å². The molecule has 0 atom stereocenters. The summed E-state index contributed by atoms with van der Waals surface area (Å²) in [5.74, 6) is 3.59. The van der Waals surface area contributed by atoms with Crippen molar-refractivity contribution < 1.29 is 38.2 Å². The third-order valence-corrected chi connectivity index (χ3v) is 5.65. The lowest BCUT2D eigenvalue weighted by Crippen LogP contribution is -2.41. The zero-order chi connectivity index (χ0) is 34.6. The van der Waals surface area contributed by atoms with E-state index < -0.39 is 5.41 Å². The first-order valence-electron chi connectivity index (χ1n) is 14.4. The van der Waals surface area contributed by atoms with Crippen LogP contribution in [0.1, 0.15) is 25.7 Å². The minimum absolute atomic E-state index is 0.00780. The summed E-state index contributed by atoms with van der Waals surface area (Å²) in [6.45, 7) is 0.812. The van der Waals surface area contributed by atoms with Gasteiger partial charge >= 0.3 is 0 Å². The van der Waals surface area contributed by atoms with Crippen molar-refractivity contribution in [2.24, 2.45) is 60.7 Å². The molecule has 0 heterocycles. The third-order valence-electron chi connectivity index (χ3n) is 5.65. The molecule has 0 aliphatic heterocycles. The fourth-order valence-corrected chi connectivity index (χ4v) is 3.61. The van der Waals surface area contributed by atoms with Crippen LogP contribution in [0.25, 0.3) is 0 Å². The van der Waals surface area contributed by atoms with Crippen LogP contribution in [0, 0.1) is 5.41 Å². The first kappa shape index (κ1) is 41.7. The molecule has 0 radical (unpaired) electrons. The lowest BCUT2D eigenvalue weighted by atomic mass is 9.85. The van der Waals surface area contributed by atoms with Crippen LogP contribution in [0.4, 0.5) is 0 Å². The molecule has 0 aromatic carbocycles. The molecule has 21 nitrogen and oxygen atoms in total. The van der Waals surface area contributed by atoms with E-state index in [9.17, 15) is 19.2 Å². The quantitative estimate of drug-likeness (QED) is 0.0161. The SMILES string of the molecule is NOCC(=O)CC(COCCC(=O)NCCN=C(N)N)(COCCC(=O)NCCN=C(N)N)COCCC(=O)NCCN=C(N)N. The van der Waals surface area contributed by atoms with E-state index in [0.717, 1.165) is 0 Å². The molecule has 0 aromatic heterocycles. The molecule has 0 fully saturated rings. The van der Waals surface area contributed by atoms with Gasteiger partial charge in [0.2, 0.25) is 17.7 Å². The molecule has 17 N–H and O–H groups in total. The Morgan fingerprint density at radius 3 is 1.17 bits per heavy atom. The summed E-state index contributed by atoms with van der Waals surface area (Å²) in [4.78, 5) is 64.8. The highest BCUT2D eigenvalue weighted by Crippen LogP contribution is 2.25. The first-order valence-corrected chi connectivity index (χ1v) is 14.4. The van der Waals surface area contributed by atoms with Crippen molar-refractivity contribution in [2.45, 2.75) is 25.7 Å². The molecule has 0 saturated heterocycles. The second kappa shape index (κ2) is 26.0. The number of carbonyl (C=O) groups is 4. The molecule has 264 valence electrons. The van der Waals surface area contributed by atoms with Gasteiger partial charge in [0, 0.05) is 50.7 Å². The van der Waals surface area contributed by atoms with Gasteiger partial charge in [0.1, 0.15) is 6.61 Å². The number of nitrogens with one attached hydrogen (secondary N) is 3. The number of amides is 3. The number of guanidine groups is 3. The standard InChI is InChI=1S/C25H51N13O8/c26-22(27)36-7-4-33-19(40)1-10-43-15-25(13-18(39)14-46-32,16-44-11-2-20(41)34-5-8-37-23(28)29)17-45-12-3-21(42)35-6-9-38-24(30)31/h1-17,32H2,(H,33,40)(H,34,41)(H,35,42)(H4,26,27,36)(H4,28,29,37)(H4,30,31,38). The molecule has 0 aromatic rings. The maximum Gasteiger partial charge on any atom is 0.222 e. The van der Waals surface area contributed by atoms with Gasteiger partial charge in [-0.05, 0) is 0 Å². The van der Waals surface area contributed by atoms with Crippen LogP contribution in [0.2, 0.25) is 0 Å². The van der Waals surface area contributed by atoms with Crippen molar-refractivity contribution in [3.8, 4) is 0 Å². The Labute approximate surface area is 267 Å². The van der Waals surface area contributed by atoms with Crippen LogP contribution < -0.4 is 56.2 Å². The van der Waals surface area contributed by atoms with Gasteiger partial charge in [0.05, 0.1) is 59.3 Å². The minimum atomic E-state index is -1.08. The Hall–Kier alpha value is -4.31. The van der Waals surface area contributed by atoms with E-state index >= 15 is 0 Å². The van der Waals surface area contributed by atoms with Crippen molar-refractivity contribution in [2.75, 3.05) is 85.5 Å². The summed E-state index contributed by atoms with van der Waals surface area (Å²) in [7, 11) is 0. The van der Waals surface area contributed by atoms with Gasteiger partial charge in [-0.3, -0.25) is 39.0 Å². The lowest BCUT2D eigenvalue weighted by Gasteiger charge is -2.32. The van der Waals surface area contributed by atoms with E-state index in [4.69, 9.17) is 54.5 Å². The Balaban J connectivity index is 5.24. The van der Waals surface area contributed by atoms with Crippen molar-refractivity contribution in [1.82, 2.24) is 16.0 Å². The second-order valence-corrected chi connectivity index (χ2v) is 9.90. The summed E-state index contributed by atoms with van der Waals surface area (Å²) in [6.07, 6.45) is -0.0944. The second-order valence-electron chi connectivity index (χ2n) is 9.90. The molecular weight excluding hydrogens is 610 g/mol. The molecule has 0 aliphatic carbocycles. The summed E-state index contributed by atoms with van der Waals surface area (Å²) in [6, 6.07) is 0. The van der Waals surface area contributed by atoms with E-state index in [2.05, 4.69) is 35.8 Å². The number of hydrogen-bond donors (Lipinski definition) is 10. The fourth-order valence-electron chi connectivity index (χ4n) is 3.61. The molecular formula is C25H51N13O8. The van der Waals surface area contributed by atoms with Crippen LogP contribution in [0.15, 0.2) is 15.0 Å². The number of ether oxygens (including phenoxy) is 3. The smallest absolute Gasteiger partial charge is 0.222 e. The maximum atomic E-state index is 12.6. The van der Waals surface area contributed by atoms with Crippen molar-refractivity contribution in [1.29, 1.82) is 0 Å². The van der Waals surface area contributed by atoms with Crippen molar-refractivity contribution in [3.05, 3.63) is 0 Å². The van der Waals surface area contributed by atoms with Crippen molar-refractivity contribution in [3.63, 3.8) is 0 Å². The highest BCUT2D eigenvalue weighted by Gasteiger charge is 2.35. The van der Waals surface area contributed by atoms with E-state index in [1.54, 1.807) is 0 Å². The summed E-state index contributed by atoms with van der Waals surface area (Å²) in [5, 5.41) is 7.95. The number of aliphatic imine (C=N–C) groups is 3. The number of hydrogen-bond acceptors (Lipinski definition) is 12. The number of rotatable bonds is 28. The van der Waals surface area contributed by atoms with E-state index in [1.807, 2.05) is 0 Å². The number of ketones is 1. The normalized spacial score (nSPS) is 10.8. The average molecular weight is 662 g/mol. The molecule has 0 spiro atoms. The van der Waals surface area contributed by atoms with Crippen LogP contribution in [-0.4, -0.2) is 127 Å². The van der Waals surface area contributed by atoms with Gasteiger partial charge in [-0.2, -0.15) is 0 Å². The van der Waals surface area contributed by atoms with E-state index in [0.29, 0.717) is 0 Å². The van der Waals surface area contributed by atoms with Crippen LogP contribution in [0.5, 0.6) is 0 Å². The Morgan fingerprint density at radius 2 is 0.891 bits per heavy atom. The Kier molecular flexibility index (Phi) is 23.5. The minimum Gasteiger partial charge on any atom is -0.380 e. The van der Waals surface area contributed by atoms with Crippen LogP contribution >= 0.6 is 0 Å². The highest BCUT2D eigenvalue weighted by atomic mass is 16.6. The van der Waals surface area contributed by atoms with Gasteiger partial charge in [-0.15, -0.1) is 0 Å². The molecule has 0 aliphatic rings. The zero-order valence-electron chi connectivity index (χ0n) is 26.2. The summed E-state index contributed by atoms with van der Waals surface area (Å²) < 4.78 is 17.3. The molecule has 0 saturated carbocycles. The van der Waals surface area contributed by atoms with Gasteiger partial charge in [0.15, 0.2) is 23.7 Å². The predicted molar refractivity (Wildman–Crippen MR) is 170 cm³/mol. The van der Waals surface area contributed by atoms with E-state index in [-0.39, 0.29) is 153 Å². The van der Waals surface area contributed by atoms with Crippen LogP contribution in [0.3, 0.4) is 0 Å². The number of nitrogens with two attached hydrogens (primary N) is 7. The maximum absolute atomic E-state index is 12.6. The van der Waals surface area contributed by atoms with Crippen LogP contribution in [-0.2, 0) is 38.2 Å². The Bertz CT molecular complexity index is 891. The monoisotopic (exact) mass is 661 g/mol. The molecule has 21 heteroatoms. The average Bonchev–Trinajstić information content (AvgIpc) is 2.98. The summed E-state index contributed by atoms with van der Waals surface area (Å²) in [5.41, 5.74) is 30.5. The Morgan fingerprint density at radius 1 is 0.565 bits per heavy atom. The molecule has 0 bridgehead atoms. The summed E-state index contributed by atoms with van der Waals surface area (Å²) >= 11 is 0. The topological polar surface area (TPSA) is 361 Å². The zero-order valence-corrected chi connectivity index (χ0v) is 26.2. The van der Waals surface area contributed by atoms with Gasteiger partial charge in [-0.1, -0.05) is 0 Å². The van der Waals surface area contributed by atoms with Gasteiger partial charge in [0.25, 0.3) is 0 Å². The largest absolute Gasteiger partial charge is 0.380 e. The fraction of sp³-hybridized carbons (Fsp3) is 0.720. The number of nitrogens with zero attached hydrogens (tertiary/aromatic N) is 3. The lowest BCUT2D eigenvalue weighted by molar-refractivity contribution is -0.136. The van der Waals surface area contributed by atoms with Crippen molar-refractivity contribution >= 4 is 41.4 Å². The third kappa shape index (κ3) is 25.1. The number of carbonyl (C=O) groups excluding carboxylic acids is 4. The molecule has 3 amide bonds. The highest BCUT2D eigenvalue weighted by molar-refractivity contribution is 5.80. The van der Waals surface area contributed by atoms with Gasteiger partial charge in [-0.25, -0.2) is 5.90 Å². The first-order chi connectivity index (χ1) is 21.9. The molecule has 46 heavy (non-hydrogen) atoms. The molecule has 0 rings (SSSR count). The number of Topliss-reactive ketones (excluding diaryl/α,β-unsaturated/α-hetero) is 1. The predicted octanol–water partition coefficient (Wildman–Crippen LogP) is -5.79. The molecule has 0 unspecified atom stereocenters.